The summed E-state index contributed by atoms with van der Waals surface area (Å²) < 4.78 is 0. The van der Waals surface area contributed by atoms with Crippen LogP contribution in [0.25, 0.3) is 0 Å². The molecule has 0 radical (unpaired) electrons. The topological polar surface area (TPSA) is 70.5 Å². The van der Waals surface area contributed by atoms with Gasteiger partial charge in [0.25, 0.3) is 0 Å². The first-order valence-corrected chi connectivity index (χ1v) is 9.12. The van der Waals surface area contributed by atoms with Crippen LogP contribution in [0, 0.1) is 0 Å². The minimum absolute atomic E-state index is 0.180. The molecular formula is C17H34N4O3. The molecule has 0 bridgehead atoms. The van der Waals surface area contributed by atoms with Gasteiger partial charge in [0.2, 0.25) is 5.91 Å². The van der Waals surface area contributed by atoms with Crippen LogP contribution in [0.5, 0.6) is 0 Å². The van der Waals surface area contributed by atoms with Crippen molar-refractivity contribution in [3.05, 3.63) is 0 Å². The monoisotopic (exact) mass is 342 g/mol. The van der Waals surface area contributed by atoms with Crippen molar-refractivity contribution < 1.29 is 15.0 Å². The fraction of sp³-hybridized carbons (Fsp3) is 0.941. The molecule has 2 aliphatic heterocycles. The summed E-state index contributed by atoms with van der Waals surface area (Å²) in [5, 5.41) is 19.7. The van der Waals surface area contributed by atoms with E-state index in [0.717, 1.165) is 52.1 Å². The smallest absolute Gasteiger partial charge is 0.236 e. The Morgan fingerprint density at radius 2 is 1.71 bits per heavy atom. The summed E-state index contributed by atoms with van der Waals surface area (Å²) in [5.74, 6) is 0.180. The molecule has 2 fully saturated rings. The molecule has 0 aromatic heterocycles. The van der Waals surface area contributed by atoms with Gasteiger partial charge in [-0.05, 0) is 33.4 Å². The highest BCUT2D eigenvalue weighted by Crippen LogP contribution is 2.23. The Hall–Kier alpha value is -0.730. The first-order chi connectivity index (χ1) is 11.4. The number of aliphatic hydroxyl groups is 2. The van der Waals surface area contributed by atoms with E-state index in [9.17, 15) is 9.90 Å². The molecule has 2 rings (SSSR count). The Kier molecular flexibility index (Phi) is 7.43. The number of piperazine rings is 1. The van der Waals surface area contributed by atoms with Crippen molar-refractivity contribution in [3.8, 4) is 0 Å². The van der Waals surface area contributed by atoms with Gasteiger partial charge < -0.3 is 20.0 Å². The van der Waals surface area contributed by atoms with Crippen LogP contribution in [-0.4, -0.2) is 121 Å². The lowest BCUT2D eigenvalue weighted by molar-refractivity contribution is -0.133. The molecule has 2 aliphatic rings. The molecule has 0 unspecified atom stereocenters. The van der Waals surface area contributed by atoms with E-state index in [0.29, 0.717) is 26.1 Å². The first kappa shape index (κ1) is 19.6. The lowest BCUT2D eigenvalue weighted by Gasteiger charge is -2.35. The van der Waals surface area contributed by atoms with E-state index in [-0.39, 0.29) is 12.5 Å². The molecule has 1 atom stereocenters. The molecule has 0 aromatic rings. The van der Waals surface area contributed by atoms with Gasteiger partial charge >= 0.3 is 0 Å². The molecule has 0 saturated carbocycles. The molecule has 0 spiro atoms. The van der Waals surface area contributed by atoms with Gasteiger partial charge in [0.1, 0.15) is 0 Å². The number of hydrogen-bond acceptors (Lipinski definition) is 6. The fourth-order valence-electron chi connectivity index (χ4n) is 3.78. The minimum Gasteiger partial charge on any atom is -0.395 e. The highest BCUT2D eigenvalue weighted by atomic mass is 16.3. The van der Waals surface area contributed by atoms with Gasteiger partial charge in [-0.25, -0.2) is 0 Å². The van der Waals surface area contributed by atoms with Crippen LogP contribution in [0.1, 0.15) is 19.3 Å². The average molecular weight is 342 g/mol. The highest BCUT2D eigenvalue weighted by molar-refractivity contribution is 5.78. The van der Waals surface area contributed by atoms with E-state index in [1.807, 2.05) is 23.9 Å². The summed E-state index contributed by atoms with van der Waals surface area (Å²) in [6, 6.07) is 0. The zero-order chi connectivity index (χ0) is 17.6. The van der Waals surface area contributed by atoms with Gasteiger partial charge in [-0.2, -0.15) is 0 Å². The maximum atomic E-state index is 12.6. The molecule has 7 nitrogen and oxygen atoms in total. The van der Waals surface area contributed by atoms with Gasteiger partial charge in [-0.15, -0.1) is 0 Å². The zero-order valence-electron chi connectivity index (χ0n) is 15.3. The Morgan fingerprint density at radius 3 is 2.33 bits per heavy atom. The van der Waals surface area contributed by atoms with Gasteiger partial charge in [0, 0.05) is 52.4 Å². The van der Waals surface area contributed by atoms with Crippen LogP contribution in [0.3, 0.4) is 0 Å². The molecule has 2 heterocycles. The van der Waals surface area contributed by atoms with E-state index >= 15 is 0 Å². The molecule has 0 aliphatic carbocycles. The largest absolute Gasteiger partial charge is 0.395 e. The summed E-state index contributed by atoms with van der Waals surface area (Å²) in [6.07, 6.45) is 2.27. The van der Waals surface area contributed by atoms with Gasteiger partial charge in [0.15, 0.2) is 0 Å². The third kappa shape index (κ3) is 5.97. The van der Waals surface area contributed by atoms with E-state index in [1.165, 1.54) is 0 Å². The van der Waals surface area contributed by atoms with Crippen molar-refractivity contribution in [2.45, 2.75) is 24.9 Å². The molecule has 0 aromatic carbocycles. The van der Waals surface area contributed by atoms with Crippen LogP contribution in [0.4, 0.5) is 0 Å². The summed E-state index contributed by atoms with van der Waals surface area (Å²) in [6.45, 7) is 7.02. The minimum atomic E-state index is -0.672. The van der Waals surface area contributed by atoms with Gasteiger partial charge in [0.05, 0.1) is 18.8 Å². The Labute approximate surface area is 145 Å². The molecule has 2 N–H and O–H groups in total. The predicted molar refractivity (Wildman–Crippen MR) is 93.9 cm³/mol. The van der Waals surface area contributed by atoms with Crippen LogP contribution in [-0.2, 0) is 4.79 Å². The number of aliphatic hydroxyl groups excluding tert-OH is 1. The van der Waals surface area contributed by atoms with Crippen molar-refractivity contribution in [2.75, 3.05) is 79.6 Å². The lowest BCUT2D eigenvalue weighted by atomic mass is 9.94. The summed E-state index contributed by atoms with van der Waals surface area (Å²) in [4.78, 5) is 21.0. The second kappa shape index (κ2) is 9.10. The third-order valence-electron chi connectivity index (χ3n) is 5.12. The lowest BCUT2D eigenvalue weighted by Crippen LogP contribution is -2.50. The number of likely N-dealkylation sites (tertiary alicyclic amines) is 1. The van der Waals surface area contributed by atoms with Crippen LogP contribution in [0.2, 0.25) is 0 Å². The molecule has 24 heavy (non-hydrogen) atoms. The van der Waals surface area contributed by atoms with Gasteiger partial charge in [-0.3, -0.25) is 14.6 Å². The number of likely N-dealkylation sites (N-methyl/N-ethyl adjacent to an activating group) is 1. The second-order valence-corrected chi connectivity index (χ2v) is 7.54. The van der Waals surface area contributed by atoms with E-state index in [4.69, 9.17) is 5.11 Å². The van der Waals surface area contributed by atoms with E-state index < -0.39 is 5.60 Å². The fourth-order valence-corrected chi connectivity index (χ4v) is 3.78. The number of nitrogens with zero attached hydrogens (tertiary/aromatic N) is 4. The number of carbonyl (C=O) groups is 1. The normalized spacial score (nSPS) is 27.5. The predicted octanol–water partition coefficient (Wildman–Crippen LogP) is -1.10. The molecular weight excluding hydrogens is 308 g/mol. The number of hydrogen-bond donors (Lipinski definition) is 2. The van der Waals surface area contributed by atoms with Crippen molar-refractivity contribution in [1.82, 2.24) is 19.6 Å². The maximum absolute atomic E-state index is 12.6. The zero-order valence-corrected chi connectivity index (χ0v) is 15.3. The van der Waals surface area contributed by atoms with Crippen molar-refractivity contribution in [2.24, 2.45) is 0 Å². The van der Waals surface area contributed by atoms with Crippen molar-refractivity contribution >= 4 is 5.91 Å². The Balaban J connectivity index is 1.77. The number of β-amino-alcohol motifs (C(OH)–C–C–N with tert-alkyl or cyclic N) is 1. The summed E-state index contributed by atoms with van der Waals surface area (Å²) in [7, 11) is 3.95. The highest BCUT2D eigenvalue weighted by Gasteiger charge is 2.32. The SMILES string of the molecule is CN(C)C[C@]1(O)CCCN(C(=O)CN2CCN(CCO)CC2)CC1. The third-order valence-corrected chi connectivity index (χ3v) is 5.12. The van der Waals surface area contributed by atoms with Crippen LogP contribution >= 0.6 is 0 Å². The average Bonchev–Trinajstić information content (AvgIpc) is 2.70. The molecule has 7 heteroatoms. The number of amides is 1. The summed E-state index contributed by atoms with van der Waals surface area (Å²) >= 11 is 0. The van der Waals surface area contributed by atoms with E-state index in [1.54, 1.807) is 0 Å². The van der Waals surface area contributed by atoms with Crippen LogP contribution in [0.15, 0.2) is 0 Å². The second-order valence-electron chi connectivity index (χ2n) is 7.54. The Morgan fingerprint density at radius 1 is 1.04 bits per heavy atom. The van der Waals surface area contributed by atoms with Crippen LogP contribution < -0.4 is 0 Å². The summed E-state index contributed by atoms with van der Waals surface area (Å²) in [5.41, 5.74) is -0.672. The quantitative estimate of drug-likeness (QED) is 0.639. The number of carbonyl (C=O) groups excluding carboxylic acids is 1. The molecule has 2 saturated heterocycles. The molecule has 1 amide bonds. The number of rotatable bonds is 6. The standard InChI is InChI=1S/C17H34N4O3/c1-18(2)15-17(24)4-3-6-21(7-5-17)16(23)14-20-10-8-19(9-11-20)12-13-22/h22,24H,3-15H2,1-2H3/t17-/m0/s1. The van der Waals surface area contributed by atoms with E-state index in [2.05, 4.69) is 9.80 Å². The van der Waals surface area contributed by atoms with Gasteiger partial charge in [-0.1, -0.05) is 0 Å². The maximum Gasteiger partial charge on any atom is 0.236 e. The first-order valence-electron chi connectivity index (χ1n) is 9.12. The molecule has 140 valence electrons. The Bertz CT molecular complexity index is 399. The van der Waals surface area contributed by atoms with Crippen molar-refractivity contribution in [3.63, 3.8) is 0 Å². The van der Waals surface area contributed by atoms with Crippen molar-refractivity contribution in [1.29, 1.82) is 0 Å².